The van der Waals surface area contributed by atoms with E-state index in [1.165, 1.54) is 0 Å². The Kier molecular flexibility index (Phi) is 9.53. The van der Waals surface area contributed by atoms with Crippen LogP contribution in [0.25, 0.3) is 0 Å². The molecule has 6 heteroatoms. The SMILES string of the molecule is COc1ccccc1NC(=O)c1ccc(NC(=O)CCN(CC(C)C)CC(C)C)cc1. The maximum absolute atomic E-state index is 12.5. The summed E-state index contributed by atoms with van der Waals surface area (Å²) in [6, 6.07) is 14.1. The Balaban J connectivity index is 1.89. The zero-order valence-corrected chi connectivity index (χ0v) is 19.3. The van der Waals surface area contributed by atoms with Crippen LogP contribution in [0.3, 0.4) is 0 Å². The van der Waals surface area contributed by atoms with Crippen molar-refractivity contribution in [1.29, 1.82) is 0 Å². The lowest BCUT2D eigenvalue weighted by molar-refractivity contribution is -0.116. The van der Waals surface area contributed by atoms with Crippen LogP contribution in [0, 0.1) is 11.8 Å². The summed E-state index contributed by atoms with van der Waals surface area (Å²) in [5.74, 6) is 1.47. The topological polar surface area (TPSA) is 70.7 Å². The van der Waals surface area contributed by atoms with Crippen LogP contribution in [-0.4, -0.2) is 43.5 Å². The summed E-state index contributed by atoms with van der Waals surface area (Å²) in [6.45, 7) is 11.5. The van der Waals surface area contributed by atoms with E-state index in [2.05, 4.69) is 43.2 Å². The standard InChI is InChI=1S/C25H35N3O3/c1-18(2)16-28(17-19(3)4)15-14-24(29)26-21-12-10-20(11-13-21)25(30)27-22-8-6-7-9-23(22)31-5/h6-13,18-19H,14-17H2,1-5H3,(H,26,29)(H,27,30). The number of carbonyl (C=O) groups excluding carboxylic acids is 2. The number of hydrogen-bond donors (Lipinski definition) is 2. The lowest BCUT2D eigenvalue weighted by Gasteiger charge is -2.25. The first-order valence-corrected chi connectivity index (χ1v) is 10.8. The minimum absolute atomic E-state index is 0.0243. The van der Waals surface area contributed by atoms with Gasteiger partial charge in [-0.2, -0.15) is 0 Å². The number of hydrogen-bond acceptors (Lipinski definition) is 4. The monoisotopic (exact) mass is 425 g/mol. The van der Waals surface area contributed by atoms with Crippen molar-refractivity contribution >= 4 is 23.2 Å². The van der Waals surface area contributed by atoms with Crippen LogP contribution in [0.15, 0.2) is 48.5 Å². The molecule has 2 aromatic rings. The van der Waals surface area contributed by atoms with Gasteiger partial charge in [-0.15, -0.1) is 0 Å². The molecule has 0 radical (unpaired) electrons. The Morgan fingerprint density at radius 2 is 1.52 bits per heavy atom. The highest BCUT2D eigenvalue weighted by Gasteiger charge is 2.13. The molecule has 0 spiro atoms. The molecular weight excluding hydrogens is 390 g/mol. The number of carbonyl (C=O) groups is 2. The van der Waals surface area contributed by atoms with E-state index < -0.39 is 0 Å². The van der Waals surface area contributed by atoms with E-state index in [1.54, 1.807) is 43.5 Å². The number of benzene rings is 2. The van der Waals surface area contributed by atoms with Crippen molar-refractivity contribution in [2.45, 2.75) is 34.1 Å². The van der Waals surface area contributed by atoms with Crippen LogP contribution < -0.4 is 15.4 Å². The number of para-hydroxylation sites is 2. The molecule has 0 aliphatic rings. The second-order valence-corrected chi connectivity index (χ2v) is 8.58. The van der Waals surface area contributed by atoms with Gasteiger partial charge in [0.25, 0.3) is 5.91 Å². The summed E-state index contributed by atoms with van der Waals surface area (Å²) in [5.41, 5.74) is 1.79. The van der Waals surface area contributed by atoms with Gasteiger partial charge >= 0.3 is 0 Å². The second-order valence-electron chi connectivity index (χ2n) is 8.58. The minimum Gasteiger partial charge on any atom is -0.495 e. The summed E-state index contributed by atoms with van der Waals surface area (Å²) in [5, 5.41) is 5.77. The van der Waals surface area contributed by atoms with Gasteiger partial charge in [0.15, 0.2) is 0 Å². The van der Waals surface area contributed by atoms with E-state index in [-0.39, 0.29) is 11.8 Å². The lowest BCUT2D eigenvalue weighted by atomic mass is 10.1. The predicted octanol–water partition coefficient (Wildman–Crippen LogP) is 4.89. The zero-order valence-electron chi connectivity index (χ0n) is 19.3. The zero-order chi connectivity index (χ0) is 22.8. The number of nitrogens with zero attached hydrogens (tertiary/aromatic N) is 1. The van der Waals surface area contributed by atoms with E-state index >= 15 is 0 Å². The lowest BCUT2D eigenvalue weighted by Crippen LogP contribution is -2.34. The normalized spacial score (nSPS) is 11.1. The average Bonchev–Trinajstić information content (AvgIpc) is 2.72. The molecular formula is C25H35N3O3. The molecule has 0 saturated carbocycles. The number of methoxy groups -OCH3 is 1. The molecule has 6 nitrogen and oxygen atoms in total. The van der Waals surface area contributed by atoms with Gasteiger partial charge in [-0.1, -0.05) is 39.8 Å². The van der Waals surface area contributed by atoms with Crippen LogP contribution in [-0.2, 0) is 4.79 Å². The highest BCUT2D eigenvalue weighted by Crippen LogP contribution is 2.24. The van der Waals surface area contributed by atoms with Crippen molar-refractivity contribution in [2.24, 2.45) is 11.8 Å². The van der Waals surface area contributed by atoms with Gasteiger partial charge in [-0.3, -0.25) is 9.59 Å². The van der Waals surface area contributed by atoms with Crippen LogP contribution in [0.5, 0.6) is 5.75 Å². The first-order valence-electron chi connectivity index (χ1n) is 10.8. The maximum Gasteiger partial charge on any atom is 0.255 e. The average molecular weight is 426 g/mol. The Morgan fingerprint density at radius 1 is 0.903 bits per heavy atom. The van der Waals surface area contributed by atoms with Crippen LogP contribution in [0.1, 0.15) is 44.5 Å². The van der Waals surface area contributed by atoms with E-state index in [0.717, 1.165) is 19.6 Å². The summed E-state index contributed by atoms with van der Waals surface area (Å²) >= 11 is 0. The molecule has 31 heavy (non-hydrogen) atoms. The highest BCUT2D eigenvalue weighted by atomic mass is 16.5. The molecule has 2 aromatic carbocycles. The predicted molar refractivity (Wildman–Crippen MR) is 127 cm³/mol. The molecule has 0 saturated heterocycles. The first-order chi connectivity index (χ1) is 14.8. The third-order valence-electron chi connectivity index (χ3n) is 4.69. The second kappa shape index (κ2) is 12.1. The third-order valence-corrected chi connectivity index (χ3v) is 4.69. The Morgan fingerprint density at radius 3 is 2.10 bits per heavy atom. The van der Waals surface area contributed by atoms with Crippen molar-refractivity contribution in [3.8, 4) is 5.75 Å². The smallest absolute Gasteiger partial charge is 0.255 e. The number of nitrogens with one attached hydrogen (secondary N) is 2. The summed E-state index contributed by atoms with van der Waals surface area (Å²) in [4.78, 5) is 27.2. The van der Waals surface area contributed by atoms with E-state index in [4.69, 9.17) is 4.74 Å². The fraction of sp³-hybridized carbons (Fsp3) is 0.440. The van der Waals surface area contributed by atoms with Crippen molar-refractivity contribution in [3.05, 3.63) is 54.1 Å². The Labute approximate surface area is 186 Å². The van der Waals surface area contributed by atoms with Gasteiger partial charge in [0.2, 0.25) is 5.91 Å². The van der Waals surface area contributed by atoms with Crippen molar-refractivity contribution in [3.63, 3.8) is 0 Å². The van der Waals surface area contributed by atoms with Crippen LogP contribution >= 0.6 is 0 Å². The Bertz CT molecular complexity index is 837. The van der Waals surface area contributed by atoms with Gasteiger partial charge in [0.1, 0.15) is 5.75 Å². The van der Waals surface area contributed by atoms with E-state index in [1.807, 2.05) is 12.1 Å². The van der Waals surface area contributed by atoms with Crippen LogP contribution in [0.2, 0.25) is 0 Å². The van der Waals surface area contributed by atoms with Crippen molar-refractivity contribution < 1.29 is 14.3 Å². The highest BCUT2D eigenvalue weighted by molar-refractivity contribution is 6.05. The number of amides is 2. The maximum atomic E-state index is 12.5. The number of anilines is 2. The quantitative estimate of drug-likeness (QED) is 0.538. The van der Waals surface area contributed by atoms with E-state index in [9.17, 15) is 9.59 Å². The fourth-order valence-corrected chi connectivity index (χ4v) is 3.42. The molecule has 0 heterocycles. The first kappa shape index (κ1) is 24.4. The van der Waals surface area contributed by atoms with Crippen LogP contribution in [0.4, 0.5) is 11.4 Å². The van der Waals surface area contributed by atoms with Gasteiger partial charge in [-0.25, -0.2) is 0 Å². The largest absolute Gasteiger partial charge is 0.495 e. The number of ether oxygens (including phenoxy) is 1. The molecule has 0 aromatic heterocycles. The molecule has 0 unspecified atom stereocenters. The molecule has 0 fully saturated rings. The van der Waals surface area contributed by atoms with Gasteiger partial charge in [0, 0.05) is 37.3 Å². The minimum atomic E-state index is -0.236. The molecule has 2 amide bonds. The Hall–Kier alpha value is -2.86. The van der Waals surface area contributed by atoms with Gasteiger partial charge in [-0.05, 0) is 48.2 Å². The summed E-state index contributed by atoms with van der Waals surface area (Å²) in [7, 11) is 1.56. The number of rotatable bonds is 11. The van der Waals surface area contributed by atoms with Crippen molar-refractivity contribution in [2.75, 3.05) is 37.4 Å². The molecule has 0 aliphatic heterocycles. The molecule has 0 atom stereocenters. The fourth-order valence-electron chi connectivity index (χ4n) is 3.42. The van der Waals surface area contributed by atoms with Gasteiger partial charge < -0.3 is 20.3 Å². The van der Waals surface area contributed by atoms with Gasteiger partial charge in [0.05, 0.1) is 12.8 Å². The summed E-state index contributed by atoms with van der Waals surface area (Å²) < 4.78 is 5.26. The molecule has 2 N–H and O–H groups in total. The third kappa shape index (κ3) is 8.42. The molecule has 2 rings (SSSR count). The van der Waals surface area contributed by atoms with Crippen molar-refractivity contribution in [1.82, 2.24) is 4.90 Å². The molecule has 0 aliphatic carbocycles. The van der Waals surface area contributed by atoms with E-state index in [0.29, 0.717) is 40.9 Å². The molecule has 168 valence electrons. The summed E-state index contributed by atoms with van der Waals surface area (Å²) in [6.07, 6.45) is 0.440. The molecule has 0 bridgehead atoms.